The second-order valence-electron chi connectivity index (χ2n) is 2.68. The van der Waals surface area contributed by atoms with Gasteiger partial charge in [-0.2, -0.15) is 0 Å². The summed E-state index contributed by atoms with van der Waals surface area (Å²) in [5.74, 6) is -1.12. The van der Waals surface area contributed by atoms with Gasteiger partial charge in [0, 0.05) is 11.5 Å². The molecule has 6 nitrogen and oxygen atoms in total. The molecule has 0 aromatic heterocycles. The van der Waals surface area contributed by atoms with Crippen molar-refractivity contribution in [2.45, 2.75) is 12.1 Å². The fourth-order valence-electron chi connectivity index (χ4n) is 0.614. The van der Waals surface area contributed by atoms with Crippen LogP contribution in [-0.4, -0.2) is 45.7 Å². The first kappa shape index (κ1) is 16.4. The van der Waals surface area contributed by atoms with Gasteiger partial charge in [0.25, 0.3) is 0 Å². The maximum atomic E-state index is 10.6. The second kappa shape index (κ2) is 9.45. The van der Waals surface area contributed by atoms with E-state index in [9.17, 15) is 9.59 Å². The number of rotatable bonds is 9. The molecule has 0 amide bonds. The highest BCUT2D eigenvalue weighted by Gasteiger charge is 2.17. The zero-order valence-electron chi connectivity index (χ0n) is 8.25. The van der Waals surface area contributed by atoms with Gasteiger partial charge in [-0.3, -0.25) is 19.8 Å². The maximum Gasteiger partial charge on any atom is 0.321 e. The molecule has 0 rings (SSSR count). The van der Waals surface area contributed by atoms with Crippen LogP contribution >= 0.6 is 40.4 Å². The highest BCUT2D eigenvalue weighted by Crippen LogP contribution is 2.23. The van der Waals surface area contributed by atoms with Gasteiger partial charge in [0.05, 0.1) is 0 Å². The number of aliphatic carboxylic acids is 2. The summed E-state index contributed by atoms with van der Waals surface area (Å²) in [6.45, 7) is 0. The van der Waals surface area contributed by atoms with Gasteiger partial charge in [-0.05, 0) is 0 Å². The van der Waals surface area contributed by atoms with E-state index in [1.54, 1.807) is 0 Å². The van der Waals surface area contributed by atoms with Crippen molar-refractivity contribution < 1.29 is 19.8 Å². The van der Waals surface area contributed by atoms with E-state index in [2.05, 4.69) is 29.0 Å². The molecule has 0 aromatic rings. The number of hydrogen-bond donors (Lipinski definition) is 4. The Labute approximate surface area is 106 Å². The van der Waals surface area contributed by atoms with E-state index in [0.29, 0.717) is 11.5 Å². The molecule has 0 aliphatic rings. The summed E-state index contributed by atoms with van der Waals surface area (Å²) in [4.78, 5) is 21.2. The lowest BCUT2D eigenvalue weighted by molar-refractivity contribution is -0.139. The first-order chi connectivity index (χ1) is 7.52. The van der Waals surface area contributed by atoms with E-state index in [4.69, 9.17) is 10.2 Å². The fraction of sp³-hybridized carbons (Fsp3) is 0.667. The number of carboxylic acids is 2. The summed E-state index contributed by atoms with van der Waals surface area (Å²) in [5.41, 5.74) is 0. The van der Waals surface area contributed by atoms with Crippen LogP contribution in [0.2, 0.25) is 0 Å². The van der Waals surface area contributed by atoms with E-state index < -0.39 is 24.0 Å². The number of nitrogens with one attached hydrogen (secondary N) is 2. The van der Waals surface area contributed by atoms with Crippen molar-refractivity contribution in [2.24, 2.45) is 0 Å². The smallest absolute Gasteiger partial charge is 0.321 e. The molecule has 4 unspecified atom stereocenters. The van der Waals surface area contributed by atoms with Crippen LogP contribution in [0.1, 0.15) is 0 Å². The third-order valence-electron chi connectivity index (χ3n) is 1.55. The van der Waals surface area contributed by atoms with Gasteiger partial charge < -0.3 is 10.2 Å². The van der Waals surface area contributed by atoms with Crippen LogP contribution in [0.15, 0.2) is 0 Å². The van der Waals surface area contributed by atoms with Gasteiger partial charge in [0.1, 0.15) is 12.1 Å². The molecule has 0 saturated heterocycles. The SMILES string of the molecule is O=C(O)C(CSSCC(NP)C(=O)O)NP. The number of carboxylic acid groups (broad SMARTS) is 2. The first-order valence-corrected chi connectivity index (χ1v) is 7.79. The quantitative estimate of drug-likeness (QED) is 0.269. The van der Waals surface area contributed by atoms with Gasteiger partial charge in [0.15, 0.2) is 0 Å². The fourth-order valence-corrected chi connectivity index (χ4v) is 3.81. The molecule has 0 aliphatic heterocycles. The van der Waals surface area contributed by atoms with Crippen molar-refractivity contribution >= 4 is 52.3 Å². The third-order valence-corrected chi connectivity index (χ3v) is 4.78. The van der Waals surface area contributed by atoms with E-state index in [1.807, 2.05) is 0 Å². The number of carbonyl (C=O) groups is 2. The lowest BCUT2D eigenvalue weighted by Crippen LogP contribution is -2.33. The Balaban J connectivity index is 3.73. The normalized spacial score (nSPS) is 14.4. The van der Waals surface area contributed by atoms with Gasteiger partial charge >= 0.3 is 11.9 Å². The van der Waals surface area contributed by atoms with E-state index in [1.165, 1.54) is 21.6 Å². The molecule has 10 heteroatoms. The Morgan fingerprint density at radius 3 is 1.50 bits per heavy atom. The van der Waals surface area contributed by atoms with Crippen LogP contribution in [0, 0.1) is 0 Å². The van der Waals surface area contributed by atoms with Crippen molar-refractivity contribution in [3.63, 3.8) is 0 Å². The molecular weight excluding hydrogens is 290 g/mol. The Morgan fingerprint density at radius 1 is 1.00 bits per heavy atom. The molecule has 0 fully saturated rings. The van der Waals surface area contributed by atoms with Crippen LogP contribution in [0.5, 0.6) is 0 Å². The average molecular weight is 304 g/mol. The zero-order chi connectivity index (χ0) is 12.6. The van der Waals surface area contributed by atoms with Crippen LogP contribution < -0.4 is 10.2 Å². The predicted molar refractivity (Wildman–Crippen MR) is 73.5 cm³/mol. The molecule has 0 saturated carbocycles. The minimum atomic E-state index is -0.929. The third kappa shape index (κ3) is 6.89. The summed E-state index contributed by atoms with van der Waals surface area (Å²) in [5, 5.41) is 22.6. The summed E-state index contributed by atoms with van der Waals surface area (Å²) in [6, 6.07) is -1.29. The van der Waals surface area contributed by atoms with Crippen LogP contribution in [-0.2, 0) is 9.59 Å². The molecule has 4 N–H and O–H groups in total. The lowest BCUT2D eigenvalue weighted by Gasteiger charge is -2.12. The summed E-state index contributed by atoms with van der Waals surface area (Å²) >= 11 is 0. The molecule has 0 aliphatic carbocycles. The largest absolute Gasteiger partial charge is 0.480 e. The molecule has 0 radical (unpaired) electrons. The highest BCUT2D eigenvalue weighted by molar-refractivity contribution is 8.76. The lowest BCUT2D eigenvalue weighted by atomic mass is 10.4. The van der Waals surface area contributed by atoms with Crippen molar-refractivity contribution in [1.82, 2.24) is 10.2 Å². The topological polar surface area (TPSA) is 98.7 Å². The molecule has 0 heterocycles. The Kier molecular flexibility index (Phi) is 9.70. The predicted octanol–water partition coefficient (Wildman–Crippen LogP) is 0.0336. The van der Waals surface area contributed by atoms with Crippen molar-refractivity contribution in [3.05, 3.63) is 0 Å². The Hall–Kier alpha value is 0.420. The van der Waals surface area contributed by atoms with Gasteiger partial charge in [-0.1, -0.05) is 40.4 Å². The summed E-state index contributed by atoms with van der Waals surface area (Å²) < 4.78 is 0. The van der Waals surface area contributed by atoms with Gasteiger partial charge in [0.2, 0.25) is 0 Å². The van der Waals surface area contributed by atoms with E-state index in [-0.39, 0.29) is 0 Å². The Morgan fingerprint density at radius 2 is 1.31 bits per heavy atom. The maximum absolute atomic E-state index is 10.6. The molecular formula is C6H14N2O4P2S2. The van der Waals surface area contributed by atoms with Gasteiger partial charge in [-0.25, -0.2) is 0 Å². The van der Waals surface area contributed by atoms with Crippen molar-refractivity contribution in [3.8, 4) is 0 Å². The minimum Gasteiger partial charge on any atom is -0.480 e. The molecule has 0 aromatic carbocycles. The molecule has 16 heavy (non-hydrogen) atoms. The van der Waals surface area contributed by atoms with E-state index >= 15 is 0 Å². The standard InChI is InChI=1S/C6H14N2O4P2S2/c9-5(10)3(7-13)1-15-16-2-4(8-14)6(11)12/h3-4,7-8H,1-2,13-14H2,(H,9,10)(H,11,12). The molecule has 94 valence electrons. The van der Waals surface area contributed by atoms with Crippen molar-refractivity contribution in [1.29, 1.82) is 0 Å². The summed E-state index contributed by atoms with van der Waals surface area (Å²) in [6.07, 6.45) is 0. The first-order valence-electron chi connectivity index (χ1n) is 4.15. The van der Waals surface area contributed by atoms with Crippen LogP contribution in [0.25, 0.3) is 0 Å². The van der Waals surface area contributed by atoms with Crippen LogP contribution in [0.3, 0.4) is 0 Å². The van der Waals surface area contributed by atoms with Crippen LogP contribution in [0.4, 0.5) is 0 Å². The highest BCUT2D eigenvalue weighted by atomic mass is 33.1. The monoisotopic (exact) mass is 304 g/mol. The second-order valence-corrected chi connectivity index (χ2v) is 5.90. The molecule has 0 bridgehead atoms. The van der Waals surface area contributed by atoms with Gasteiger partial charge in [-0.15, -0.1) is 0 Å². The minimum absolute atomic E-state index is 0.368. The summed E-state index contributed by atoms with van der Waals surface area (Å²) in [7, 11) is 6.95. The molecule has 0 spiro atoms. The average Bonchev–Trinajstić information content (AvgIpc) is 2.22. The number of hydrogen-bond acceptors (Lipinski definition) is 6. The van der Waals surface area contributed by atoms with Crippen molar-refractivity contribution in [2.75, 3.05) is 11.5 Å². The zero-order valence-corrected chi connectivity index (χ0v) is 12.2. The molecule has 4 atom stereocenters. The van der Waals surface area contributed by atoms with E-state index in [0.717, 1.165) is 0 Å². The Bertz CT molecular complexity index is 223.